The van der Waals surface area contributed by atoms with Gasteiger partial charge < -0.3 is 5.32 Å². The maximum atomic E-state index is 13.0. The minimum atomic E-state index is -4.54. The van der Waals surface area contributed by atoms with E-state index in [1.54, 1.807) is 0 Å². The molecule has 0 radical (unpaired) electrons. The number of amides is 1. The average molecular weight is 429 g/mol. The van der Waals surface area contributed by atoms with E-state index in [1.807, 2.05) is 0 Å². The topological polar surface area (TPSA) is 98.1 Å². The van der Waals surface area contributed by atoms with Crippen molar-refractivity contribution >= 4 is 21.5 Å². The van der Waals surface area contributed by atoms with Gasteiger partial charge in [-0.05, 0) is 38.5 Å². The van der Waals surface area contributed by atoms with Crippen LogP contribution in [0.1, 0.15) is 33.7 Å². The van der Waals surface area contributed by atoms with Crippen LogP contribution in [-0.4, -0.2) is 47.4 Å². The Bertz CT molecular complexity index is 1090. The number of nitrogens with zero attached hydrogens (tertiary/aromatic N) is 2. The Morgan fingerprint density at radius 3 is 2.52 bits per heavy atom. The van der Waals surface area contributed by atoms with E-state index in [9.17, 15) is 31.2 Å². The molecule has 1 atom stereocenters. The van der Waals surface area contributed by atoms with Gasteiger partial charge in [-0.25, -0.2) is 13.1 Å². The van der Waals surface area contributed by atoms with Crippen LogP contribution in [0.2, 0.25) is 0 Å². The summed E-state index contributed by atoms with van der Waals surface area (Å²) < 4.78 is 63.1. The monoisotopic (exact) mass is 429 g/mol. The maximum absolute atomic E-state index is 13.0. The van der Waals surface area contributed by atoms with Crippen molar-refractivity contribution in [3.8, 4) is 5.69 Å². The zero-order valence-electron chi connectivity index (χ0n) is 15.6. The Morgan fingerprint density at radius 2 is 1.93 bits per heavy atom. The van der Waals surface area contributed by atoms with E-state index in [1.165, 1.54) is 30.7 Å². The second kappa shape index (κ2) is 7.29. The van der Waals surface area contributed by atoms with Gasteiger partial charge in [-0.1, -0.05) is 6.07 Å². The number of halogens is 3. The fourth-order valence-electron chi connectivity index (χ4n) is 3.31. The molecule has 11 heteroatoms. The smallest absolute Gasteiger partial charge is 0.345 e. The quantitative estimate of drug-likeness (QED) is 0.592. The Hall–Kier alpha value is -2.69. The van der Waals surface area contributed by atoms with Crippen molar-refractivity contribution in [3.05, 3.63) is 46.8 Å². The van der Waals surface area contributed by atoms with E-state index in [0.717, 1.165) is 12.1 Å². The molecule has 1 fully saturated rings. The lowest BCUT2D eigenvalue weighted by molar-refractivity contribution is -0.137. The zero-order chi connectivity index (χ0) is 21.6. The van der Waals surface area contributed by atoms with Gasteiger partial charge in [0.05, 0.1) is 39.7 Å². The first kappa shape index (κ1) is 21.0. The molecule has 0 aliphatic carbocycles. The van der Waals surface area contributed by atoms with Crippen LogP contribution in [0.4, 0.5) is 13.2 Å². The molecule has 2 aromatic rings. The summed E-state index contributed by atoms with van der Waals surface area (Å²) in [6, 6.07) is 3.81. The van der Waals surface area contributed by atoms with E-state index in [0.29, 0.717) is 0 Å². The third-order valence-electron chi connectivity index (χ3n) is 4.71. The summed E-state index contributed by atoms with van der Waals surface area (Å²) in [6.07, 6.45) is -4.31. The highest BCUT2D eigenvalue weighted by atomic mass is 32.2. The highest BCUT2D eigenvalue weighted by Crippen LogP contribution is 2.31. The molecule has 3 rings (SSSR count). The van der Waals surface area contributed by atoms with Gasteiger partial charge in [-0.3, -0.25) is 9.59 Å². The van der Waals surface area contributed by atoms with Crippen LogP contribution >= 0.6 is 0 Å². The molecule has 7 nitrogen and oxygen atoms in total. The molecule has 1 amide bonds. The summed E-state index contributed by atoms with van der Waals surface area (Å²) in [7, 11) is -3.23. The Kier molecular flexibility index (Phi) is 5.28. The number of carbonyl (C=O) groups is 2. The number of nitrogens with one attached hydrogen (secondary N) is 1. The number of hydrogen-bond donors (Lipinski definition) is 1. The summed E-state index contributed by atoms with van der Waals surface area (Å²) in [4.78, 5) is 24.9. The summed E-state index contributed by atoms with van der Waals surface area (Å²) in [5.74, 6) is -2.17. The molecule has 156 valence electrons. The van der Waals surface area contributed by atoms with Crippen molar-refractivity contribution < 1.29 is 31.2 Å². The molecule has 0 bridgehead atoms. The number of alkyl halides is 3. The van der Waals surface area contributed by atoms with Crippen molar-refractivity contribution in [3.63, 3.8) is 0 Å². The first-order valence-corrected chi connectivity index (χ1v) is 10.5. The number of hydrogen-bond acceptors (Lipinski definition) is 5. The SMILES string of the molecule is Cc1nn(-c2cccc(C(F)(F)F)c2)c(C)c1C(=O)C(=O)NC1CCS(=O)(=O)C1. The highest BCUT2D eigenvalue weighted by molar-refractivity contribution is 7.91. The first-order chi connectivity index (χ1) is 13.4. The van der Waals surface area contributed by atoms with Crippen molar-refractivity contribution in [2.45, 2.75) is 32.5 Å². The van der Waals surface area contributed by atoms with Crippen molar-refractivity contribution in [1.82, 2.24) is 15.1 Å². The molecule has 0 spiro atoms. The van der Waals surface area contributed by atoms with E-state index < -0.39 is 39.3 Å². The Morgan fingerprint density at radius 1 is 1.24 bits per heavy atom. The third kappa shape index (κ3) is 4.34. The van der Waals surface area contributed by atoms with Gasteiger partial charge in [-0.15, -0.1) is 0 Å². The van der Waals surface area contributed by atoms with E-state index in [2.05, 4.69) is 10.4 Å². The molecule has 2 heterocycles. The average Bonchev–Trinajstić information content (AvgIpc) is 3.11. The second-order valence-electron chi connectivity index (χ2n) is 6.91. The van der Waals surface area contributed by atoms with Crippen molar-refractivity contribution in [2.24, 2.45) is 0 Å². The van der Waals surface area contributed by atoms with Crippen LogP contribution in [0.15, 0.2) is 24.3 Å². The van der Waals surface area contributed by atoms with Crippen LogP contribution in [0, 0.1) is 13.8 Å². The molecule has 1 aliphatic heterocycles. The summed E-state index contributed by atoms with van der Waals surface area (Å²) in [5, 5.41) is 6.53. The van der Waals surface area contributed by atoms with E-state index >= 15 is 0 Å². The standard InChI is InChI=1S/C18H18F3N3O4S/c1-10-15(16(25)17(26)22-13-6-7-29(27,28)9-13)11(2)24(23-10)14-5-3-4-12(8-14)18(19,20)21/h3-5,8,13H,6-7,9H2,1-2H3,(H,22,26). The Balaban J connectivity index is 1.88. The number of carbonyl (C=O) groups excluding carboxylic acids is 2. The van der Waals surface area contributed by atoms with Crippen LogP contribution in [0.25, 0.3) is 5.69 Å². The molecule has 1 aromatic heterocycles. The maximum Gasteiger partial charge on any atom is 0.416 e. The van der Waals surface area contributed by atoms with Gasteiger partial charge in [0.15, 0.2) is 9.84 Å². The number of aromatic nitrogens is 2. The molecule has 1 unspecified atom stereocenters. The molecular weight excluding hydrogens is 411 g/mol. The largest absolute Gasteiger partial charge is 0.416 e. The number of Topliss-reactive ketones (excluding diaryl/α,β-unsaturated/α-hetero) is 1. The lowest BCUT2D eigenvalue weighted by Gasteiger charge is -2.11. The lowest BCUT2D eigenvalue weighted by atomic mass is 10.1. The third-order valence-corrected chi connectivity index (χ3v) is 6.48. The molecule has 1 aliphatic rings. The summed E-state index contributed by atoms with van der Waals surface area (Å²) in [5.41, 5.74) is -0.404. The number of benzene rings is 1. The van der Waals surface area contributed by atoms with E-state index in [4.69, 9.17) is 0 Å². The van der Waals surface area contributed by atoms with Gasteiger partial charge in [0.2, 0.25) is 0 Å². The first-order valence-electron chi connectivity index (χ1n) is 8.68. The summed E-state index contributed by atoms with van der Waals surface area (Å²) in [6.45, 7) is 2.94. The zero-order valence-corrected chi connectivity index (χ0v) is 16.4. The fraction of sp³-hybridized carbons (Fsp3) is 0.389. The van der Waals surface area contributed by atoms with Gasteiger partial charge in [0.25, 0.3) is 11.7 Å². The predicted octanol–water partition coefficient (Wildman–Crippen LogP) is 1.99. The molecule has 1 saturated heterocycles. The van der Waals surface area contributed by atoms with Crippen molar-refractivity contribution in [2.75, 3.05) is 11.5 Å². The normalized spacial score (nSPS) is 18.6. The number of rotatable bonds is 4. The second-order valence-corrected chi connectivity index (χ2v) is 9.14. The van der Waals surface area contributed by atoms with Gasteiger partial charge in [-0.2, -0.15) is 18.3 Å². The molecule has 1 aromatic carbocycles. The predicted molar refractivity (Wildman–Crippen MR) is 97.6 cm³/mol. The van der Waals surface area contributed by atoms with Gasteiger partial charge in [0.1, 0.15) is 0 Å². The fourth-order valence-corrected chi connectivity index (χ4v) is 4.98. The van der Waals surface area contributed by atoms with E-state index in [-0.39, 0.29) is 40.6 Å². The van der Waals surface area contributed by atoms with Crippen LogP contribution in [0.5, 0.6) is 0 Å². The molecule has 0 saturated carbocycles. The van der Waals surface area contributed by atoms with Crippen molar-refractivity contribution in [1.29, 1.82) is 0 Å². The molecule has 1 N–H and O–H groups in total. The van der Waals surface area contributed by atoms with Crippen LogP contribution < -0.4 is 5.32 Å². The summed E-state index contributed by atoms with van der Waals surface area (Å²) >= 11 is 0. The number of ketones is 1. The molecule has 29 heavy (non-hydrogen) atoms. The number of aryl methyl sites for hydroxylation is 1. The molecular formula is C18H18F3N3O4S. The van der Waals surface area contributed by atoms with Crippen LogP contribution in [0.3, 0.4) is 0 Å². The lowest BCUT2D eigenvalue weighted by Crippen LogP contribution is -2.40. The van der Waals surface area contributed by atoms with Gasteiger partial charge >= 0.3 is 6.18 Å². The number of sulfone groups is 1. The Labute approximate surface area is 164 Å². The minimum Gasteiger partial charge on any atom is -0.345 e. The highest BCUT2D eigenvalue weighted by Gasteiger charge is 2.33. The van der Waals surface area contributed by atoms with Gasteiger partial charge in [0, 0.05) is 6.04 Å². The van der Waals surface area contributed by atoms with Crippen LogP contribution in [-0.2, 0) is 20.8 Å². The minimum absolute atomic E-state index is 0.0271.